The maximum Gasteiger partial charge on any atom is 0.272 e. The lowest BCUT2D eigenvalue weighted by atomic mass is 10.3. The van der Waals surface area contributed by atoms with Gasteiger partial charge in [-0.25, -0.2) is 12.8 Å². The molecular weight excluding hydrogens is 285 g/mol. The van der Waals surface area contributed by atoms with Gasteiger partial charge in [0, 0.05) is 0 Å². The van der Waals surface area contributed by atoms with Gasteiger partial charge in [-0.1, -0.05) is 0 Å². The summed E-state index contributed by atoms with van der Waals surface area (Å²) in [4.78, 5) is 11.9. The number of hydrogen-bond donors (Lipinski definition) is 2. The number of nitrogens with one attached hydrogen (secondary N) is 1. The first-order chi connectivity index (χ1) is 9.39. The highest BCUT2D eigenvalue weighted by molar-refractivity contribution is 7.89. The van der Waals surface area contributed by atoms with Crippen LogP contribution in [0.5, 0.6) is 0 Å². The smallest absolute Gasteiger partial charge is 0.272 e. The van der Waals surface area contributed by atoms with Gasteiger partial charge < -0.3 is 10.6 Å². The molecule has 1 amide bonds. The summed E-state index contributed by atoms with van der Waals surface area (Å²) >= 11 is 0. The number of hydrogen-bond acceptors (Lipinski definition) is 3. The Kier molecular flexibility index (Phi) is 4.36. The van der Waals surface area contributed by atoms with Gasteiger partial charge >= 0.3 is 0 Å². The minimum atomic E-state index is -3.59. The predicted octanol–water partition coefficient (Wildman–Crippen LogP) is -1.80. The van der Waals surface area contributed by atoms with E-state index < -0.39 is 21.7 Å². The van der Waals surface area contributed by atoms with E-state index in [1.165, 1.54) is 16.4 Å². The van der Waals surface area contributed by atoms with Crippen molar-refractivity contribution >= 4 is 15.9 Å². The summed E-state index contributed by atoms with van der Waals surface area (Å²) in [7, 11) is -3.59. The average molecular weight is 302 g/mol. The van der Waals surface area contributed by atoms with Crippen LogP contribution in [0.1, 0.15) is 0 Å². The zero-order valence-electron chi connectivity index (χ0n) is 10.9. The number of nitrogens with two attached hydrogens (primary N) is 1. The molecule has 1 aliphatic heterocycles. The van der Waals surface area contributed by atoms with Crippen LogP contribution >= 0.6 is 0 Å². The lowest BCUT2D eigenvalue weighted by molar-refractivity contribution is -0.895. The minimum Gasteiger partial charge on any atom is -0.365 e. The molecule has 2 rings (SSSR count). The van der Waals surface area contributed by atoms with Crippen LogP contribution in [0.15, 0.2) is 29.2 Å². The van der Waals surface area contributed by atoms with Crippen LogP contribution < -0.4 is 10.6 Å². The number of rotatable bonds is 4. The third kappa shape index (κ3) is 3.33. The first kappa shape index (κ1) is 14.9. The monoisotopic (exact) mass is 302 g/mol. The Balaban J connectivity index is 2.05. The average Bonchev–Trinajstić information content (AvgIpc) is 2.39. The number of primary amides is 1. The molecule has 3 N–H and O–H groups in total. The molecule has 110 valence electrons. The minimum absolute atomic E-state index is 0.0808. The summed E-state index contributed by atoms with van der Waals surface area (Å²) in [6.45, 7) is 1.92. The second kappa shape index (κ2) is 5.86. The summed E-state index contributed by atoms with van der Waals surface area (Å²) in [5.41, 5.74) is 5.12. The largest absolute Gasteiger partial charge is 0.365 e. The second-order valence-corrected chi connectivity index (χ2v) is 6.69. The summed E-state index contributed by atoms with van der Waals surface area (Å²) in [6, 6.07) is 4.77. The SMILES string of the molecule is NC(=O)C[NH+]1CCN(S(=O)(=O)c2ccc(F)cc2)CC1. The van der Waals surface area contributed by atoms with Crippen molar-refractivity contribution in [3.8, 4) is 0 Å². The molecule has 1 aromatic carbocycles. The van der Waals surface area contributed by atoms with Gasteiger partial charge in [0.05, 0.1) is 31.1 Å². The van der Waals surface area contributed by atoms with Gasteiger partial charge in [-0.2, -0.15) is 4.31 Å². The number of nitrogens with zero attached hydrogens (tertiary/aromatic N) is 1. The van der Waals surface area contributed by atoms with Crippen LogP contribution in [0.4, 0.5) is 4.39 Å². The molecular formula is C12H17FN3O3S+. The highest BCUT2D eigenvalue weighted by Crippen LogP contribution is 2.15. The topological polar surface area (TPSA) is 84.9 Å². The number of halogens is 1. The van der Waals surface area contributed by atoms with Gasteiger partial charge in [-0.3, -0.25) is 4.79 Å². The van der Waals surface area contributed by atoms with Gasteiger partial charge in [0.25, 0.3) is 5.91 Å². The third-order valence-corrected chi connectivity index (χ3v) is 5.22. The summed E-state index contributed by atoms with van der Waals surface area (Å²) < 4.78 is 38.8. The number of carbonyl (C=O) groups is 1. The summed E-state index contributed by atoms with van der Waals surface area (Å²) in [5.74, 6) is -0.866. The van der Waals surface area contributed by atoms with Crippen molar-refractivity contribution in [3.63, 3.8) is 0 Å². The van der Waals surface area contributed by atoms with Crippen molar-refractivity contribution in [2.24, 2.45) is 5.73 Å². The van der Waals surface area contributed by atoms with E-state index in [0.29, 0.717) is 26.2 Å². The first-order valence-electron chi connectivity index (χ1n) is 6.27. The van der Waals surface area contributed by atoms with Crippen LogP contribution in [-0.4, -0.2) is 51.4 Å². The highest BCUT2D eigenvalue weighted by atomic mass is 32.2. The fourth-order valence-electron chi connectivity index (χ4n) is 2.22. The molecule has 6 nitrogen and oxygen atoms in total. The van der Waals surface area contributed by atoms with E-state index in [0.717, 1.165) is 17.0 Å². The molecule has 0 unspecified atom stereocenters. The molecule has 1 fully saturated rings. The molecule has 0 aliphatic carbocycles. The molecule has 1 aliphatic rings. The fourth-order valence-corrected chi connectivity index (χ4v) is 3.66. The second-order valence-electron chi connectivity index (χ2n) is 4.75. The van der Waals surface area contributed by atoms with E-state index in [9.17, 15) is 17.6 Å². The van der Waals surface area contributed by atoms with Gasteiger partial charge in [0.15, 0.2) is 6.54 Å². The molecule has 0 spiro atoms. The molecule has 0 atom stereocenters. The highest BCUT2D eigenvalue weighted by Gasteiger charge is 2.30. The lowest BCUT2D eigenvalue weighted by Gasteiger charge is -2.30. The van der Waals surface area contributed by atoms with Crippen LogP contribution in [0.25, 0.3) is 0 Å². The Morgan fingerprint density at radius 1 is 1.25 bits per heavy atom. The maximum atomic E-state index is 12.8. The van der Waals surface area contributed by atoms with Crippen molar-refractivity contribution in [1.29, 1.82) is 0 Å². The molecule has 1 heterocycles. The van der Waals surface area contributed by atoms with Crippen LogP contribution in [0.2, 0.25) is 0 Å². The number of benzene rings is 1. The van der Waals surface area contributed by atoms with E-state index in [1.807, 2.05) is 0 Å². The molecule has 0 aromatic heterocycles. The maximum absolute atomic E-state index is 12.8. The van der Waals surface area contributed by atoms with E-state index in [2.05, 4.69) is 0 Å². The van der Waals surface area contributed by atoms with Crippen LogP contribution in [0.3, 0.4) is 0 Å². The quantitative estimate of drug-likeness (QED) is 0.688. The molecule has 8 heteroatoms. The van der Waals surface area contributed by atoms with Crippen molar-refractivity contribution < 1.29 is 22.5 Å². The first-order valence-corrected chi connectivity index (χ1v) is 7.71. The molecule has 20 heavy (non-hydrogen) atoms. The van der Waals surface area contributed by atoms with Gasteiger partial charge in [0.1, 0.15) is 5.82 Å². The van der Waals surface area contributed by atoms with E-state index >= 15 is 0 Å². The van der Waals surface area contributed by atoms with Crippen LogP contribution in [-0.2, 0) is 14.8 Å². The Labute approximate surface area is 117 Å². The molecule has 0 bridgehead atoms. The Hall–Kier alpha value is -1.51. The normalized spacial score (nSPS) is 18.1. The van der Waals surface area contributed by atoms with Crippen molar-refractivity contribution in [2.75, 3.05) is 32.7 Å². The Morgan fingerprint density at radius 3 is 2.30 bits per heavy atom. The van der Waals surface area contributed by atoms with E-state index in [-0.39, 0.29) is 11.4 Å². The lowest BCUT2D eigenvalue weighted by Crippen LogP contribution is -3.15. The molecule has 0 radical (unpaired) electrons. The fraction of sp³-hybridized carbons (Fsp3) is 0.417. The van der Waals surface area contributed by atoms with Crippen molar-refractivity contribution in [1.82, 2.24) is 4.31 Å². The van der Waals surface area contributed by atoms with Crippen LogP contribution in [0, 0.1) is 5.82 Å². The number of sulfonamides is 1. The standard InChI is InChI=1S/C12H16FN3O3S/c13-10-1-3-11(4-2-10)20(18,19)16-7-5-15(6-8-16)9-12(14)17/h1-4H,5-9H2,(H2,14,17)/p+1. The predicted molar refractivity (Wildman–Crippen MR) is 69.9 cm³/mol. The number of piperazine rings is 1. The van der Waals surface area contributed by atoms with Gasteiger partial charge in [-0.05, 0) is 24.3 Å². The molecule has 0 saturated carbocycles. The van der Waals surface area contributed by atoms with Crippen molar-refractivity contribution in [3.05, 3.63) is 30.1 Å². The Morgan fingerprint density at radius 2 is 1.80 bits per heavy atom. The van der Waals surface area contributed by atoms with E-state index in [4.69, 9.17) is 5.73 Å². The van der Waals surface area contributed by atoms with Crippen molar-refractivity contribution in [2.45, 2.75) is 4.90 Å². The third-order valence-electron chi connectivity index (χ3n) is 3.31. The summed E-state index contributed by atoms with van der Waals surface area (Å²) in [5, 5.41) is 0. The zero-order chi connectivity index (χ0) is 14.8. The van der Waals surface area contributed by atoms with Gasteiger partial charge in [0.2, 0.25) is 10.0 Å². The summed E-state index contributed by atoms with van der Waals surface area (Å²) in [6.07, 6.45) is 0. The number of carbonyl (C=O) groups excluding carboxylic acids is 1. The zero-order valence-corrected chi connectivity index (χ0v) is 11.7. The Bertz CT molecular complexity index is 580. The molecule has 1 aromatic rings. The number of quaternary nitrogens is 1. The molecule has 1 saturated heterocycles. The van der Waals surface area contributed by atoms with Gasteiger partial charge in [-0.15, -0.1) is 0 Å². The number of amides is 1. The van der Waals surface area contributed by atoms with E-state index in [1.54, 1.807) is 0 Å².